The van der Waals surface area contributed by atoms with Crippen LogP contribution >= 0.6 is 27.3 Å². The zero-order chi connectivity index (χ0) is 21.2. The molecule has 5 rings (SSSR count). The minimum atomic E-state index is -0.000545. The molecule has 1 saturated heterocycles. The second kappa shape index (κ2) is 8.69. The normalized spacial score (nSPS) is 14.1. The standard InChI is InChI=1S/C24H20BrN3O2S/c25-17-10-11-20-22(16-17)31-24(26-20)28-14-12-27(13-15-28)23(29)19-8-4-5-9-21(19)30-18-6-2-1-3-7-18/h1-11,16H,12-15H2. The molecule has 0 spiro atoms. The molecule has 156 valence electrons. The molecule has 5 nitrogen and oxygen atoms in total. The first-order chi connectivity index (χ1) is 15.2. The van der Waals surface area contributed by atoms with Gasteiger partial charge in [-0.15, -0.1) is 0 Å². The number of carbonyl (C=O) groups is 1. The number of hydrogen-bond donors (Lipinski definition) is 0. The third kappa shape index (κ3) is 4.29. The van der Waals surface area contributed by atoms with Gasteiger partial charge in [0.05, 0.1) is 15.8 Å². The summed E-state index contributed by atoms with van der Waals surface area (Å²) in [6.07, 6.45) is 0. The predicted octanol–water partition coefficient (Wildman–Crippen LogP) is 5.81. The van der Waals surface area contributed by atoms with Crippen molar-refractivity contribution in [1.29, 1.82) is 0 Å². The highest BCUT2D eigenvalue weighted by atomic mass is 79.9. The molecular formula is C24H20BrN3O2S. The molecule has 0 saturated carbocycles. The second-order valence-corrected chi connectivity index (χ2v) is 9.22. The van der Waals surface area contributed by atoms with Gasteiger partial charge < -0.3 is 14.5 Å². The zero-order valence-corrected chi connectivity index (χ0v) is 19.1. The van der Waals surface area contributed by atoms with Crippen molar-refractivity contribution in [2.45, 2.75) is 0 Å². The quantitative estimate of drug-likeness (QED) is 0.359. The van der Waals surface area contributed by atoms with E-state index in [0.29, 0.717) is 24.4 Å². The van der Waals surface area contributed by atoms with Gasteiger partial charge in [-0.05, 0) is 42.5 Å². The van der Waals surface area contributed by atoms with Crippen LogP contribution in [0.1, 0.15) is 10.4 Å². The fourth-order valence-electron chi connectivity index (χ4n) is 3.64. The lowest BCUT2D eigenvalue weighted by molar-refractivity contribution is 0.0744. The molecule has 0 bridgehead atoms. The van der Waals surface area contributed by atoms with E-state index in [1.165, 1.54) is 0 Å². The number of halogens is 1. The van der Waals surface area contributed by atoms with Crippen LogP contribution in [0.25, 0.3) is 10.2 Å². The number of aromatic nitrogens is 1. The fraction of sp³-hybridized carbons (Fsp3) is 0.167. The second-order valence-electron chi connectivity index (χ2n) is 7.30. The van der Waals surface area contributed by atoms with Crippen molar-refractivity contribution in [2.75, 3.05) is 31.1 Å². The van der Waals surface area contributed by atoms with Crippen molar-refractivity contribution in [3.8, 4) is 11.5 Å². The molecular weight excluding hydrogens is 474 g/mol. The molecule has 0 radical (unpaired) electrons. The molecule has 4 aromatic rings. The van der Waals surface area contributed by atoms with E-state index in [-0.39, 0.29) is 5.91 Å². The van der Waals surface area contributed by atoms with Gasteiger partial charge in [0.2, 0.25) is 0 Å². The number of fused-ring (bicyclic) bond motifs is 1. The van der Waals surface area contributed by atoms with E-state index < -0.39 is 0 Å². The number of thiazole rings is 1. The fourth-order valence-corrected chi connectivity index (χ4v) is 5.21. The Bertz CT molecular complexity index is 1220. The van der Waals surface area contributed by atoms with Gasteiger partial charge in [0.15, 0.2) is 5.13 Å². The molecule has 0 aliphatic carbocycles. The number of amides is 1. The van der Waals surface area contributed by atoms with Crippen molar-refractivity contribution < 1.29 is 9.53 Å². The van der Waals surface area contributed by atoms with Gasteiger partial charge in [-0.2, -0.15) is 0 Å². The molecule has 1 aliphatic heterocycles. The van der Waals surface area contributed by atoms with Crippen molar-refractivity contribution in [1.82, 2.24) is 9.88 Å². The van der Waals surface area contributed by atoms with Gasteiger partial charge >= 0.3 is 0 Å². The van der Waals surface area contributed by atoms with Gasteiger partial charge in [0.1, 0.15) is 11.5 Å². The summed E-state index contributed by atoms with van der Waals surface area (Å²) in [5, 5.41) is 1.01. The topological polar surface area (TPSA) is 45.7 Å². The van der Waals surface area contributed by atoms with Crippen LogP contribution in [0.15, 0.2) is 77.3 Å². The van der Waals surface area contributed by atoms with Crippen molar-refractivity contribution in [3.05, 3.63) is 82.8 Å². The maximum atomic E-state index is 13.2. The highest BCUT2D eigenvalue weighted by Crippen LogP contribution is 2.32. The number of benzene rings is 3. The number of ether oxygens (including phenoxy) is 1. The lowest BCUT2D eigenvalue weighted by Crippen LogP contribution is -2.48. The summed E-state index contributed by atoms with van der Waals surface area (Å²) in [6.45, 7) is 2.82. The molecule has 1 fully saturated rings. The number of hydrogen-bond acceptors (Lipinski definition) is 5. The summed E-state index contributed by atoms with van der Waals surface area (Å²) in [7, 11) is 0. The first-order valence-corrected chi connectivity index (χ1v) is 11.7. The van der Waals surface area contributed by atoms with E-state index >= 15 is 0 Å². The lowest BCUT2D eigenvalue weighted by atomic mass is 10.1. The molecule has 1 amide bonds. The van der Waals surface area contributed by atoms with E-state index in [4.69, 9.17) is 9.72 Å². The van der Waals surface area contributed by atoms with E-state index in [2.05, 4.69) is 26.9 Å². The van der Waals surface area contributed by atoms with Crippen LogP contribution in [0.3, 0.4) is 0 Å². The zero-order valence-electron chi connectivity index (χ0n) is 16.7. The van der Waals surface area contributed by atoms with Crippen LogP contribution in [0.2, 0.25) is 0 Å². The van der Waals surface area contributed by atoms with Gasteiger partial charge in [-0.1, -0.05) is 57.6 Å². The minimum Gasteiger partial charge on any atom is -0.457 e. The average molecular weight is 494 g/mol. The van der Waals surface area contributed by atoms with E-state index in [9.17, 15) is 4.79 Å². The van der Waals surface area contributed by atoms with Crippen LogP contribution in [0, 0.1) is 0 Å². The molecule has 7 heteroatoms. The summed E-state index contributed by atoms with van der Waals surface area (Å²) in [5.41, 5.74) is 1.60. The number of para-hydroxylation sites is 2. The van der Waals surface area contributed by atoms with Crippen LogP contribution in [-0.4, -0.2) is 42.0 Å². The summed E-state index contributed by atoms with van der Waals surface area (Å²) < 4.78 is 8.20. The van der Waals surface area contributed by atoms with Crippen LogP contribution < -0.4 is 9.64 Å². The highest BCUT2D eigenvalue weighted by Gasteiger charge is 2.25. The third-order valence-electron chi connectivity index (χ3n) is 5.27. The summed E-state index contributed by atoms with van der Waals surface area (Å²) in [5.74, 6) is 1.30. The Morgan fingerprint density at radius 2 is 1.68 bits per heavy atom. The Hall–Kier alpha value is -2.90. The lowest BCUT2D eigenvalue weighted by Gasteiger charge is -2.34. The Morgan fingerprint density at radius 3 is 2.48 bits per heavy atom. The molecule has 0 N–H and O–H groups in total. The van der Waals surface area contributed by atoms with Crippen LogP contribution in [0.5, 0.6) is 11.5 Å². The maximum Gasteiger partial charge on any atom is 0.257 e. The average Bonchev–Trinajstić information content (AvgIpc) is 3.23. The molecule has 31 heavy (non-hydrogen) atoms. The van der Waals surface area contributed by atoms with Crippen molar-refractivity contribution in [2.24, 2.45) is 0 Å². The van der Waals surface area contributed by atoms with Crippen molar-refractivity contribution in [3.63, 3.8) is 0 Å². The van der Waals surface area contributed by atoms with Gasteiger partial charge in [-0.25, -0.2) is 4.98 Å². The molecule has 3 aromatic carbocycles. The number of rotatable bonds is 4. The molecule has 1 aliphatic rings. The number of carbonyl (C=O) groups excluding carboxylic acids is 1. The van der Waals surface area contributed by atoms with Crippen molar-refractivity contribution >= 4 is 48.5 Å². The summed E-state index contributed by atoms with van der Waals surface area (Å²) in [4.78, 5) is 22.2. The SMILES string of the molecule is O=C(c1ccccc1Oc1ccccc1)N1CCN(c2nc3ccc(Br)cc3s2)CC1. The molecule has 1 aromatic heterocycles. The first kappa shape index (κ1) is 20.0. The Balaban J connectivity index is 1.29. The molecule has 2 heterocycles. The highest BCUT2D eigenvalue weighted by molar-refractivity contribution is 9.10. The smallest absolute Gasteiger partial charge is 0.257 e. The molecule has 0 atom stereocenters. The number of anilines is 1. The number of piperazine rings is 1. The van der Waals surface area contributed by atoms with E-state index in [0.717, 1.165) is 38.7 Å². The largest absolute Gasteiger partial charge is 0.457 e. The Morgan fingerprint density at radius 1 is 0.935 bits per heavy atom. The third-order valence-corrected chi connectivity index (χ3v) is 6.84. The minimum absolute atomic E-state index is 0.000545. The Kier molecular flexibility index (Phi) is 5.61. The number of nitrogens with zero attached hydrogens (tertiary/aromatic N) is 3. The monoisotopic (exact) mass is 493 g/mol. The van der Waals surface area contributed by atoms with Gasteiger partial charge in [0.25, 0.3) is 5.91 Å². The van der Waals surface area contributed by atoms with Gasteiger partial charge in [-0.3, -0.25) is 4.79 Å². The van der Waals surface area contributed by atoms with Crippen LogP contribution in [-0.2, 0) is 0 Å². The summed E-state index contributed by atoms with van der Waals surface area (Å²) >= 11 is 5.21. The Labute approximate surface area is 193 Å². The van der Waals surface area contributed by atoms with Crippen LogP contribution in [0.4, 0.5) is 5.13 Å². The summed E-state index contributed by atoms with van der Waals surface area (Å²) in [6, 6.07) is 23.1. The predicted molar refractivity (Wildman–Crippen MR) is 128 cm³/mol. The maximum absolute atomic E-state index is 13.2. The molecule has 0 unspecified atom stereocenters. The first-order valence-electron chi connectivity index (χ1n) is 10.1. The van der Waals surface area contributed by atoms with Gasteiger partial charge in [0, 0.05) is 30.7 Å². The van der Waals surface area contributed by atoms with E-state index in [1.54, 1.807) is 11.3 Å². The van der Waals surface area contributed by atoms with E-state index in [1.807, 2.05) is 71.6 Å².